The van der Waals surface area contributed by atoms with Gasteiger partial charge in [-0.15, -0.1) is 0 Å². The maximum absolute atomic E-state index is 11.9. The summed E-state index contributed by atoms with van der Waals surface area (Å²) in [6.45, 7) is 4.68. The molecule has 0 aliphatic carbocycles. The topological polar surface area (TPSA) is 105 Å². The number of aliphatic hydroxyl groups is 2. The Bertz CT molecular complexity index is 591. The van der Waals surface area contributed by atoms with Gasteiger partial charge in [-0.1, -0.05) is 6.92 Å². The fourth-order valence-corrected chi connectivity index (χ4v) is 2.39. The molecule has 0 aromatic carbocycles. The predicted octanol–water partition coefficient (Wildman–Crippen LogP) is -0.960. The third-order valence-electron chi connectivity index (χ3n) is 3.80. The highest BCUT2D eigenvalue weighted by atomic mass is 16.5. The van der Waals surface area contributed by atoms with Gasteiger partial charge >= 0.3 is 5.69 Å². The Morgan fingerprint density at radius 1 is 1.37 bits per heavy atom. The Morgan fingerprint density at radius 3 is 2.53 bits per heavy atom. The number of rotatable bonds is 2. The van der Waals surface area contributed by atoms with Crippen molar-refractivity contribution in [1.82, 2.24) is 9.55 Å². The fraction of sp³-hybridized carbons (Fsp3) is 0.667. The van der Waals surface area contributed by atoms with Gasteiger partial charge in [0.25, 0.3) is 5.56 Å². The number of nitrogens with zero attached hydrogens (tertiary/aromatic N) is 1. The predicted molar refractivity (Wildman–Crippen MR) is 67.0 cm³/mol. The van der Waals surface area contributed by atoms with E-state index in [-0.39, 0.29) is 12.5 Å². The lowest BCUT2D eigenvalue weighted by Crippen LogP contribution is -2.37. The molecule has 3 N–H and O–H groups in total. The van der Waals surface area contributed by atoms with Crippen LogP contribution in [0.5, 0.6) is 0 Å². The molecule has 1 aliphatic heterocycles. The summed E-state index contributed by atoms with van der Waals surface area (Å²) in [4.78, 5) is 25.6. The molecule has 0 bridgehead atoms. The van der Waals surface area contributed by atoms with Crippen molar-refractivity contribution in [1.29, 1.82) is 0 Å². The number of aliphatic hydroxyl groups excluding tert-OH is 2. The van der Waals surface area contributed by atoms with Crippen LogP contribution in [0.1, 0.15) is 24.4 Å². The van der Waals surface area contributed by atoms with Gasteiger partial charge in [-0.3, -0.25) is 14.3 Å². The van der Waals surface area contributed by atoms with Crippen LogP contribution < -0.4 is 11.2 Å². The number of aromatic amines is 1. The minimum absolute atomic E-state index is 0.321. The second-order valence-corrected chi connectivity index (χ2v) is 4.94. The number of aromatic nitrogens is 2. The molecule has 1 fully saturated rings. The van der Waals surface area contributed by atoms with E-state index in [2.05, 4.69) is 4.98 Å². The van der Waals surface area contributed by atoms with E-state index in [4.69, 9.17) is 9.84 Å². The number of ether oxygens (including phenoxy) is 1. The Morgan fingerprint density at radius 2 is 2.00 bits per heavy atom. The second-order valence-electron chi connectivity index (χ2n) is 4.94. The molecule has 1 aliphatic rings. The largest absolute Gasteiger partial charge is 0.394 e. The Kier molecular flexibility index (Phi) is 3.62. The van der Waals surface area contributed by atoms with E-state index < -0.39 is 29.7 Å². The lowest BCUT2D eigenvalue weighted by Gasteiger charge is -2.21. The zero-order valence-corrected chi connectivity index (χ0v) is 11.1. The molecular weight excluding hydrogens is 252 g/mol. The zero-order chi connectivity index (χ0) is 14.3. The molecule has 0 amide bonds. The molecule has 1 aromatic rings. The Hall–Kier alpha value is -1.44. The van der Waals surface area contributed by atoms with Gasteiger partial charge in [0.05, 0.1) is 12.7 Å². The first-order valence-electron chi connectivity index (χ1n) is 6.15. The first-order chi connectivity index (χ1) is 8.88. The second kappa shape index (κ2) is 4.92. The summed E-state index contributed by atoms with van der Waals surface area (Å²) in [5, 5.41) is 19.0. The third kappa shape index (κ3) is 2.13. The van der Waals surface area contributed by atoms with Crippen LogP contribution in [0.25, 0.3) is 0 Å². The quantitative estimate of drug-likeness (QED) is 0.642. The van der Waals surface area contributed by atoms with Crippen LogP contribution in [0.15, 0.2) is 9.59 Å². The van der Waals surface area contributed by atoms with Crippen molar-refractivity contribution in [3.63, 3.8) is 0 Å². The molecule has 4 atom stereocenters. The van der Waals surface area contributed by atoms with Crippen molar-refractivity contribution in [3.8, 4) is 0 Å². The van der Waals surface area contributed by atoms with E-state index in [9.17, 15) is 14.7 Å². The highest BCUT2D eigenvalue weighted by Crippen LogP contribution is 2.34. The zero-order valence-electron chi connectivity index (χ0n) is 11.1. The lowest BCUT2D eigenvalue weighted by molar-refractivity contribution is -0.0484. The summed E-state index contributed by atoms with van der Waals surface area (Å²) < 4.78 is 6.84. The number of nitrogens with one attached hydrogen (secondary N) is 1. The van der Waals surface area contributed by atoms with Crippen LogP contribution in [-0.4, -0.2) is 38.6 Å². The van der Waals surface area contributed by atoms with Gasteiger partial charge in [-0.05, 0) is 13.8 Å². The molecule has 106 valence electrons. The monoisotopic (exact) mass is 270 g/mol. The fourth-order valence-electron chi connectivity index (χ4n) is 2.39. The summed E-state index contributed by atoms with van der Waals surface area (Å²) in [7, 11) is 0. The maximum Gasteiger partial charge on any atom is 0.330 e. The van der Waals surface area contributed by atoms with E-state index >= 15 is 0 Å². The van der Waals surface area contributed by atoms with Crippen LogP contribution in [0, 0.1) is 19.8 Å². The molecule has 0 saturated carbocycles. The van der Waals surface area contributed by atoms with E-state index in [1.165, 1.54) is 4.57 Å². The molecule has 1 saturated heterocycles. The average molecular weight is 270 g/mol. The number of hydrogen-bond donors (Lipinski definition) is 3. The highest BCUT2D eigenvalue weighted by molar-refractivity contribution is 5.14. The average Bonchev–Trinajstić information content (AvgIpc) is 2.64. The van der Waals surface area contributed by atoms with Crippen molar-refractivity contribution < 1.29 is 14.9 Å². The first-order valence-corrected chi connectivity index (χ1v) is 6.15. The van der Waals surface area contributed by atoms with Crippen LogP contribution in [0.2, 0.25) is 0 Å². The highest BCUT2D eigenvalue weighted by Gasteiger charge is 2.42. The van der Waals surface area contributed by atoms with E-state index in [1.807, 2.05) is 0 Å². The molecule has 1 aromatic heterocycles. The van der Waals surface area contributed by atoms with Gasteiger partial charge in [-0.2, -0.15) is 0 Å². The maximum atomic E-state index is 11.9. The Balaban J connectivity index is 2.52. The Labute approximate surface area is 109 Å². The lowest BCUT2D eigenvalue weighted by atomic mass is 10.0. The van der Waals surface area contributed by atoms with Gasteiger partial charge in [0, 0.05) is 17.2 Å². The van der Waals surface area contributed by atoms with Crippen LogP contribution in [0.3, 0.4) is 0 Å². The van der Waals surface area contributed by atoms with Crippen molar-refractivity contribution in [2.75, 3.05) is 6.61 Å². The smallest absolute Gasteiger partial charge is 0.330 e. The molecule has 2 heterocycles. The van der Waals surface area contributed by atoms with Gasteiger partial charge < -0.3 is 14.9 Å². The number of hydrogen-bond acceptors (Lipinski definition) is 5. The molecule has 1 unspecified atom stereocenters. The summed E-state index contributed by atoms with van der Waals surface area (Å²) in [5.41, 5.74) is -0.0758. The van der Waals surface area contributed by atoms with E-state index in [0.717, 1.165) is 0 Å². The van der Waals surface area contributed by atoms with Crippen molar-refractivity contribution >= 4 is 0 Å². The molecule has 0 radical (unpaired) electrons. The van der Waals surface area contributed by atoms with Crippen LogP contribution >= 0.6 is 0 Å². The van der Waals surface area contributed by atoms with Crippen molar-refractivity contribution in [2.24, 2.45) is 5.92 Å². The SMILES string of the molecule is Cc1c(C)n([C@@H]2O[C@H](CO)[C@@H](O)C2C)c(=O)[nH]c1=O. The third-order valence-corrected chi connectivity index (χ3v) is 3.80. The first kappa shape index (κ1) is 14.0. The number of H-pyrrole nitrogens is 1. The normalized spacial score (nSPS) is 30.8. The van der Waals surface area contributed by atoms with Gasteiger partial charge in [0.2, 0.25) is 0 Å². The van der Waals surface area contributed by atoms with Crippen molar-refractivity contribution in [3.05, 3.63) is 32.1 Å². The molecule has 2 rings (SSSR count). The van der Waals surface area contributed by atoms with Gasteiger partial charge in [-0.25, -0.2) is 4.79 Å². The van der Waals surface area contributed by atoms with Crippen molar-refractivity contribution in [2.45, 2.75) is 39.2 Å². The minimum Gasteiger partial charge on any atom is -0.394 e. The van der Waals surface area contributed by atoms with Crippen LogP contribution in [-0.2, 0) is 4.74 Å². The van der Waals surface area contributed by atoms with Gasteiger partial charge in [0.1, 0.15) is 12.3 Å². The van der Waals surface area contributed by atoms with Gasteiger partial charge in [0.15, 0.2) is 0 Å². The molecule has 7 heteroatoms. The molecular formula is C12H18N2O5. The summed E-state index contributed by atoms with van der Waals surface area (Å²) in [5.74, 6) is -0.362. The molecule has 19 heavy (non-hydrogen) atoms. The van der Waals surface area contributed by atoms with E-state index in [1.54, 1.807) is 20.8 Å². The molecule has 0 spiro atoms. The summed E-state index contributed by atoms with van der Waals surface area (Å²) >= 11 is 0. The summed E-state index contributed by atoms with van der Waals surface area (Å²) in [6.07, 6.45) is -2.28. The molecule has 7 nitrogen and oxygen atoms in total. The summed E-state index contributed by atoms with van der Waals surface area (Å²) in [6, 6.07) is 0. The standard InChI is InChI=1S/C12H18N2O5/c1-5-7(3)14(12(18)13-10(5)17)11-6(2)9(16)8(4-15)19-11/h6,8-9,11,15-16H,4H2,1-3H3,(H,13,17,18)/t6?,8-,9+,11-/m1/s1. The van der Waals surface area contributed by atoms with Crippen LogP contribution in [0.4, 0.5) is 0 Å². The van der Waals surface area contributed by atoms with E-state index in [0.29, 0.717) is 11.3 Å². The minimum atomic E-state index is -0.853.